The molecular weight excluding hydrogens is 286 g/mol. The van der Waals surface area contributed by atoms with Crippen LogP contribution in [0, 0.1) is 0 Å². The molecule has 2 aromatic rings. The minimum atomic E-state index is -0.981. The smallest absolute Gasteiger partial charge is 0.174 e. The van der Waals surface area contributed by atoms with Crippen LogP contribution in [-0.2, 0) is 9.47 Å². The zero-order chi connectivity index (χ0) is 15.5. The van der Waals surface area contributed by atoms with E-state index in [1.165, 1.54) is 0 Å². The van der Waals surface area contributed by atoms with Crippen LogP contribution in [0.25, 0.3) is 0 Å². The van der Waals surface area contributed by atoms with Crippen molar-refractivity contribution in [1.82, 2.24) is 9.78 Å². The van der Waals surface area contributed by atoms with Crippen LogP contribution in [0.4, 0.5) is 5.82 Å². The molecule has 1 fully saturated rings. The minimum absolute atomic E-state index is 0.159. The second-order valence-electron chi connectivity index (χ2n) is 5.19. The largest absolute Gasteiger partial charge is 0.394 e. The Labute approximate surface area is 127 Å². The van der Waals surface area contributed by atoms with Gasteiger partial charge in [-0.15, -0.1) is 0 Å². The van der Waals surface area contributed by atoms with Gasteiger partial charge in [0.25, 0.3) is 0 Å². The lowest BCUT2D eigenvalue weighted by Crippen LogP contribution is -2.35. The molecule has 0 spiro atoms. The first kappa shape index (κ1) is 15.0. The van der Waals surface area contributed by atoms with Gasteiger partial charge < -0.3 is 25.4 Å². The average Bonchev–Trinajstić information content (AvgIpc) is 2.90. The first-order valence-corrected chi connectivity index (χ1v) is 7.10. The molecule has 0 radical (unpaired) electrons. The molecular formula is C15H19N3O4. The summed E-state index contributed by atoms with van der Waals surface area (Å²) in [6.07, 6.45) is -1.17. The summed E-state index contributed by atoms with van der Waals surface area (Å²) in [5.74, 6) is 0.378. The van der Waals surface area contributed by atoms with E-state index in [9.17, 15) is 10.2 Å². The van der Waals surface area contributed by atoms with Gasteiger partial charge in [0.15, 0.2) is 6.23 Å². The Morgan fingerprint density at radius 1 is 1.27 bits per heavy atom. The SMILES string of the molecule is Nc1ccn([C@@H]2CO[C@H](CO)[C@@H](O)[C@H](c3ccccc3)O2)n1. The lowest BCUT2D eigenvalue weighted by atomic mass is 10.0. The first-order valence-electron chi connectivity index (χ1n) is 7.10. The van der Waals surface area contributed by atoms with Gasteiger partial charge in [0.2, 0.25) is 0 Å². The quantitative estimate of drug-likeness (QED) is 0.762. The van der Waals surface area contributed by atoms with Crippen molar-refractivity contribution in [3.8, 4) is 0 Å². The molecule has 7 heteroatoms. The molecule has 2 heterocycles. The molecule has 0 aliphatic carbocycles. The van der Waals surface area contributed by atoms with Gasteiger partial charge in [-0.1, -0.05) is 30.3 Å². The molecule has 0 saturated carbocycles. The molecule has 0 bridgehead atoms. The third-order valence-electron chi connectivity index (χ3n) is 3.68. The van der Waals surface area contributed by atoms with Crippen molar-refractivity contribution in [3.63, 3.8) is 0 Å². The summed E-state index contributed by atoms with van der Waals surface area (Å²) in [5.41, 5.74) is 6.44. The zero-order valence-corrected chi connectivity index (χ0v) is 11.9. The van der Waals surface area contributed by atoms with E-state index in [0.29, 0.717) is 5.82 Å². The van der Waals surface area contributed by atoms with Crippen molar-refractivity contribution in [1.29, 1.82) is 0 Å². The Morgan fingerprint density at radius 3 is 2.68 bits per heavy atom. The second-order valence-corrected chi connectivity index (χ2v) is 5.19. The lowest BCUT2D eigenvalue weighted by Gasteiger charge is -2.26. The molecule has 4 atom stereocenters. The Balaban J connectivity index is 1.90. The van der Waals surface area contributed by atoms with E-state index < -0.39 is 24.5 Å². The van der Waals surface area contributed by atoms with E-state index in [2.05, 4.69) is 5.10 Å². The molecule has 1 aromatic heterocycles. The highest BCUT2D eigenvalue weighted by atomic mass is 16.6. The number of nitrogens with two attached hydrogens (primary N) is 1. The second kappa shape index (κ2) is 6.45. The third-order valence-corrected chi connectivity index (χ3v) is 3.68. The summed E-state index contributed by atoms with van der Waals surface area (Å²) < 4.78 is 13.1. The van der Waals surface area contributed by atoms with Gasteiger partial charge in [-0.05, 0) is 5.56 Å². The number of hydrogen-bond donors (Lipinski definition) is 3. The molecule has 7 nitrogen and oxygen atoms in total. The summed E-state index contributed by atoms with van der Waals surface area (Å²) in [6, 6.07) is 11.0. The number of aliphatic hydroxyl groups is 2. The first-order chi connectivity index (χ1) is 10.7. The Hall–Kier alpha value is -1.93. The molecule has 1 aromatic carbocycles. The maximum atomic E-state index is 10.5. The normalized spacial score (nSPS) is 29.2. The van der Waals surface area contributed by atoms with Crippen LogP contribution in [0.1, 0.15) is 17.9 Å². The molecule has 22 heavy (non-hydrogen) atoms. The van der Waals surface area contributed by atoms with E-state index in [1.54, 1.807) is 16.9 Å². The average molecular weight is 305 g/mol. The van der Waals surface area contributed by atoms with Gasteiger partial charge in [-0.2, -0.15) is 5.10 Å². The molecule has 0 amide bonds. The van der Waals surface area contributed by atoms with Gasteiger partial charge >= 0.3 is 0 Å². The molecule has 1 aliphatic rings. The van der Waals surface area contributed by atoms with Crippen LogP contribution in [-0.4, -0.2) is 45.4 Å². The number of benzene rings is 1. The fraction of sp³-hybridized carbons (Fsp3) is 0.400. The number of rotatable bonds is 3. The highest BCUT2D eigenvalue weighted by molar-refractivity contribution is 5.24. The fourth-order valence-corrected chi connectivity index (χ4v) is 2.52. The van der Waals surface area contributed by atoms with Crippen LogP contribution in [0.3, 0.4) is 0 Å². The van der Waals surface area contributed by atoms with Crippen LogP contribution in [0.5, 0.6) is 0 Å². The van der Waals surface area contributed by atoms with Crippen molar-refractivity contribution in [2.24, 2.45) is 0 Å². The number of anilines is 1. The van der Waals surface area contributed by atoms with Crippen LogP contribution in [0.15, 0.2) is 42.6 Å². The highest BCUT2D eigenvalue weighted by Gasteiger charge is 2.36. The molecule has 1 aliphatic heterocycles. The van der Waals surface area contributed by atoms with E-state index in [-0.39, 0.29) is 13.2 Å². The van der Waals surface area contributed by atoms with Gasteiger partial charge in [0, 0.05) is 12.3 Å². The number of hydrogen-bond acceptors (Lipinski definition) is 6. The van der Waals surface area contributed by atoms with Gasteiger partial charge in [0.1, 0.15) is 24.1 Å². The topological polar surface area (TPSA) is 103 Å². The number of aromatic nitrogens is 2. The predicted molar refractivity (Wildman–Crippen MR) is 78.8 cm³/mol. The molecule has 3 rings (SSSR count). The molecule has 0 unspecified atom stereocenters. The molecule has 4 N–H and O–H groups in total. The number of nitrogen functional groups attached to an aromatic ring is 1. The highest BCUT2D eigenvalue weighted by Crippen LogP contribution is 2.32. The Morgan fingerprint density at radius 2 is 2.05 bits per heavy atom. The monoisotopic (exact) mass is 305 g/mol. The standard InChI is InChI=1S/C15H19N3O4/c16-12-6-7-18(17-12)13-9-21-11(8-19)14(20)15(22-13)10-4-2-1-3-5-10/h1-7,11,13-15,19-20H,8-9H2,(H2,16,17)/t11-,13+,14-,15+/m1/s1. The van der Waals surface area contributed by atoms with Gasteiger partial charge in [-0.25, -0.2) is 4.68 Å². The van der Waals surface area contributed by atoms with Crippen molar-refractivity contribution in [2.75, 3.05) is 18.9 Å². The summed E-state index contributed by atoms with van der Waals surface area (Å²) in [6.45, 7) is -0.130. The van der Waals surface area contributed by atoms with Gasteiger partial charge in [0.05, 0.1) is 13.2 Å². The van der Waals surface area contributed by atoms with E-state index in [4.69, 9.17) is 15.2 Å². The van der Waals surface area contributed by atoms with Crippen LogP contribution >= 0.6 is 0 Å². The molecule has 118 valence electrons. The van der Waals surface area contributed by atoms with E-state index in [0.717, 1.165) is 5.56 Å². The van der Waals surface area contributed by atoms with Crippen molar-refractivity contribution in [3.05, 3.63) is 48.2 Å². The maximum absolute atomic E-state index is 10.5. The van der Waals surface area contributed by atoms with Crippen LogP contribution in [0.2, 0.25) is 0 Å². The summed E-state index contributed by atoms with van der Waals surface area (Å²) >= 11 is 0. The Kier molecular flexibility index (Phi) is 4.39. The number of ether oxygens (including phenoxy) is 2. The summed E-state index contributed by atoms with van der Waals surface area (Å²) in [5, 5.41) is 24.0. The van der Waals surface area contributed by atoms with E-state index in [1.807, 2.05) is 30.3 Å². The third kappa shape index (κ3) is 2.97. The Bertz CT molecular complexity index is 604. The number of nitrogens with zero attached hydrogens (tertiary/aromatic N) is 2. The fourth-order valence-electron chi connectivity index (χ4n) is 2.52. The van der Waals surface area contributed by atoms with Gasteiger partial charge in [-0.3, -0.25) is 0 Å². The number of aliphatic hydroxyl groups excluding tert-OH is 2. The van der Waals surface area contributed by atoms with Crippen molar-refractivity contribution >= 4 is 5.82 Å². The van der Waals surface area contributed by atoms with Crippen LogP contribution < -0.4 is 5.73 Å². The van der Waals surface area contributed by atoms with E-state index >= 15 is 0 Å². The minimum Gasteiger partial charge on any atom is -0.394 e. The summed E-state index contributed by atoms with van der Waals surface area (Å²) in [7, 11) is 0. The zero-order valence-electron chi connectivity index (χ0n) is 11.9. The van der Waals surface area contributed by atoms with Crippen molar-refractivity contribution < 1.29 is 19.7 Å². The molecule has 1 saturated heterocycles. The maximum Gasteiger partial charge on any atom is 0.174 e. The summed E-state index contributed by atoms with van der Waals surface area (Å²) in [4.78, 5) is 0. The lowest BCUT2D eigenvalue weighted by molar-refractivity contribution is -0.101. The predicted octanol–water partition coefficient (Wildman–Crippen LogP) is 0.474. The van der Waals surface area contributed by atoms with Crippen molar-refractivity contribution in [2.45, 2.75) is 24.5 Å².